The van der Waals surface area contributed by atoms with Crippen molar-refractivity contribution in [3.63, 3.8) is 0 Å². The van der Waals surface area contributed by atoms with Gasteiger partial charge in [-0.2, -0.15) is 0 Å². The topological polar surface area (TPSA) is 139 Å². The van der Waals surface area contributed by atoms with E-state index >= 15 is 0 Å². The number of aryl methyl sites for hydroxylation is 2. The fourth-order valence-electron chi connectivity index (χ4n) is 5.47. The number of nitro groups is 1. The summed E-state index contributed by atoms with van der Waals surface area (Å²) in [5.74, 6) is -0.440. The van der Waals surface area contributed by atoms with Crippen molar-refractivity contribution in [3.05, 3.63) is 93.5 Å². The molecule has 0 radical (unpaired) electrons. The molecule has 1 aliphatic carbocycles. The molecule has 0 heterocycles. The van der Waals surface area contributed by atoms with Gasteiger partial charge in [-0.25, -0.2) is 8.42 Å². The first kappa shape index (κ1) is 33.4. The first-order valence-corrected chi connectivity index (χ1v) is 16.4. The van der Waals surface area contributed by atoms with Gasteiger partial charge >= 0.3 is 0 Å². The molecule has 12 heteroatoms. The van der Waals surface area contributed by atoms with Gasteiger partial charge in [0, 0.05) is 24.2 Å². The summed E-state index contributed by atoms with van der Waals surface area (Å²) in [5, 5.41) is 14.7. The lowest BCUT2D eigenvalue weighted by Gasteiger charge is -2.33. The highest BCUT2D eigenvalue weighted by Gasteiger charge is 2.34. The molecular weight excluding hydrogens is 596 g/mol. The van der Waals surface area contributed by atoms with E-state index in [0.29, 0.717) is 11.3 Å². The zero-order valence-corrected chi connectivity index (χ0v) is 26.9. The van der Waals surface area contributed by atoms with Gasteiger partial charge in [-0.1, -0.05) is 49.6 Å². The molecule has 45 heavy (non-hydrogen) atoms. The normalized spacial score (nSPS) is 14.3. The van der Waals surface area contributed by atoms with E-state index < -0.39 is 33.4 Å². The van der Waals surface area contributed by atoms with Crippen molar-refractivity contribution in [2.45, 2.75) is 76.4 Å². The quantitative estimate of drug-likeness (QED) is 0.211. The molecule has 0 spiro atoms. The van der Waals surface area contributed by atoms with Crippen LogP contribution >= 0.6 is 0 Å². The number of anilines is 1. The van der Waals surface area contributed by atoms with Crippen LogP contribution < -0.4 is 14.4 Å². The van der Waals surface area contributed by atoms with Crippen molar-refractivity contribution in [2.75, 3.05) is 18.0 Å². The van der Waals surface area contributed by atoms with Gasteiger partial charge in [-0.05, 0) is 75.1 Å². The van der Waals surface area contributed by atoms with Crippen LogP contribution in [0.1, 0.15) is 55.7 Å². The number of carbonyl (C=O) groups excluding carboxylic acids is 2. The van der Waals surface area contributed by atoms with Gasteiger partial charge in [0.15, 0.2) is 0 Å². The fraction of sp³-hybridized carbons (Fsp3) is 0.394. The van der Waals surface area contributed by atoms with Crippen LogP contribution in [-0.4, -0.2) is 55.8 Å². The number of benzene rings is 3. The molecule has 2 amide bonds. The lowest BCUT2D eigenvalue weighted by Crippen LogP contribution is -2.53. The molecule has 0 aliphatic heterocycles. The summed E-state index contributed by atoms with van der Waals surface area (Å²) in [5.41, 5.74) is 1.83. The molecule has 0 bridgehead atoms. The number of nitrogens with one attached hydrogen (secondary N) is 1. The van der Waals surface area contributed by atoms with E-state index in [2.05, 4.69) is 5.32 Å². The number of ether oxygens (including phenoxy) is 1. The number of rotatable bonds is 12. The monoisotopic (exact) mass is 636 g/mol. The van der Waals surface area contributed by atoms with Gasteiger partial charge in [0.05, 0.1) is 22.6 Å². The van der Waals surface area contributed by atoms with E-state index in [4.69, 9.17) is 4.74 Å². The Hall–Kier alpha value is -4.45. The predicted molar refractivity (Wildman–Crippen MR) is 172 cm³/mol. The zero-order chi connectivity index (χ0) is 32.7. The molecule has 11 nitrogen and oxygen atoms in total. The van der Waals surface area contributed by atoms with Crippen molar-refractivity contribution < 1.29 is 27.7 Å². The number of carbonyl (C=O) groups is 2. The number of nitro benzene ring substituents is 1. The van der Waals surface area contributed by atoms with Crippen molar-refractivity contribution in [3.8, 4) is 5.75 Å². The second-order valence-corrected chi connectivity index (χ2v) is 13.2. The highest BCUT2D eigenvalue weighted by Crippen LogP contribution is 2.30. The Bertz CT molecular complexity index is 1640. The zero-order valence-electron chi connectivity index (χ0n) is 26.1. The maximum absolute atomic E-state index is 14.2. The Kier molecular flexibility index (Phi) is 10.8. The standard InChI is InChI=1S/C33H40N4O7S/c1-23-10-8-9-11-26(23)21-35(25(3)33(39)34-27-12-6-5-7-13-27)32(38)22-36(28-15-17-29(44-4)18-16-28)45(42,43)30-19-14-24(2)31(20-30)37(40)41/h8-11,14-20,25,27H,5-7,12-13,21-22H2,1-4H3,(H,34,39)/t25-/m0/s1. The molecule has 1 saturated carbocycles. The first-order chi connectivity index (χ1) is 21.4. The Morgan fingerprint density at radius 1 is 1.00 bits per heavy atom. The minimum atomic E-state index is -4.48. The van der Waals surface area contributed by atoms with Gasteiger partial charge < -0.3 is 15.0 Å². The van der Waals surface area contributed by atoms with Crippen LogP contribution in [0.2, 0.25) is 0 Å². The van der Waals surface area contributed by atoms with Crippen molar-refractivity contribution in [1.82, 2.24) is 10.2 Å². The largest absolute Gasteiger partial charge is 0.497 e. The molecular formula is C33H40N4O7S. The molecule has 1 atom stereocenters. The van der Waals surface area contributed by atoms with Gasteiger partial charge in [0.25, 0.3) is 15.7 Å². The molecule has 0 aromatic heterocycles. The highest BCUT2D eigenvalue weighted by atomic mass is 32.2. The van der Waals surface area contributed by atoms with E-state index in [0.717, 1.165) is 53.6 Å². The molecule has 1 aliphatic rings. The Morgan fingerprint density at radius 2 is 1.67 bits per heavy atom. The second-order valence-electron chi connectivity index (χ2n) is 11.4. The van der Waals surface area contributed by atoms with E-state index in [1.54, 1.807) is 19.1 Å². The number of hydrogen-bond donors (Lipinski definition) is 1. The minimum absolute atomic E-state index is 0.0256. The van der Waals surface area contributed by atoms with E-state index in [1.165, 1.54) is 43.2 Å². The highest BCUT2D eigenvalue weighted by molar-refractivity contribution is 7.92. The summed E-state index contributed by atoms with van der Waals surface area (Å²) in [4.78, 5) is 39.8. The van der Waals surface area contributed by atoms with Gasteiger partial charge in [0.2, 0.25) is 11.8 Å². The molecule has 0 saturated heterocycles. The van der Waals surface area contributed by atoms with Crippen LogP contribution in [0, 0.1) is 24.0 Å². The average molecular weight is 637 g/mol. The van der Waals surface area contributed by atoms with Crippen molar-refractivity contribution in [1.29, 1.82) is 0 Å². The van der Waals surface area contributed by atoms with Gasteiger partial charge in [-0.15, -0.1) is 0 Å². The van der Waals surface area contributed by atoms with Gasteiger partial charge in [0.1, 0.15) is 18.3 Å². The number of nitrogens with zero attached hydrogens (tertiary/aromatic N) is 3. The third-order valence-electron chi connectivity index (χ3n) is 8.33. The number of amides is 2. The lowest BCUT2D eigenvalue weighted by molar-refractivity contribution is -0.385. The van der Waals surface area contributed by atoms with Crippen molar-refractivity contribution >= 4 is 33.2 Å². The summed E-state index contributed by atoms with van der Waals surface area (Å²) in [6, 6.07) is 16.4. The second kappa shape index (κ2) is 14.6. The molecule has 4 rings (SSSR count). The summed E-state index contributed by atoms with van der Waals surface area (Å²) in [7, 11) is -3.01. The lowest BCUT2D eigenvalue weighted by atomic mass is 9.95. The van der Waals surface area contributed by atoms with Crippen LogP contribution in [0.4, 0.5) is 11.4 Å². The van der Waals surface area contributed by atoms with E-state index in [1.807, 2.05) is 31.2 Å². The average Bonchev–Trinajstić information content (AvgIpc) is 3.03. The Balaban J connectivity index is 1.73. The van der Waals surface area contributed by atoms with Crippen LogP contribution in [0.3, 0.4) is 0 Å². The molecule has 3 aromatic carbocycles. The van der Waals surface area contributed by atoms with Gasteiger partial charge in [-0.3, -0.25) is 24.0 Å². The molecule has 1 N–H and O–H groups in total. The van der Waals surface area contributed by atoms with E-state index in [-0.39, 0.29) is 34.8 Å². The maximum Gasteiger partial charge on any atom is 0.273 e. The minimum Gasteiger partial charge on any atom is -0.497 e. The first-order valence-electron chi connectivity index (χ1n) is 15.0. The molecule has 0 unspecified atom stereocenters. The Morgan fingerprint density at radius 3 is 2.29 bits per heavy atom. The summed E-state index contributed by atoms with van der Waals surface area (Å²) < 4.78 is 34.4. The number of hydrogen-bond acceptors (Lipinski definition) is 7. The van der Waals surface area contributed by atoms with Crippen LogP contribution in [0.25, 0.3) is 0 Å². The van der Waals surface area contributed by atoms with Crippen LogP contribution in [0.15, 0.2) is 71.6 Å². The Labute approximate surface area is 264 Å². The van der Waals surface area contributed by atoms with Crippen molar-refractivity contribution in [2.24, 2.45) is 0 Å². The summed E-state index contributed by atoms with van der Waals surface area (Å²) >= 11 is 0. The number of sulfonamides is 1. The number of methoxy groups -OCH3 is 1. The SMILES string of the molecule is COc1ccc(N(CC(=O)N(Cc2ccccc2C)[C@@H](C)C(=O)NC2CCCCC2)S(=O)(=O)c2ccc(C)c([N+](=O)[O-])c2)cc1. The van der Waals surface area contributed by atoms with E-state index in [9.17, 15) is 28.1 Å². The molecule has 240 valence electrons. The summed E-state index contributed by atoms with van der Waals surface area (Å²) in [6.45, 7) is 4.50. The third kappa shape index (κ3) is 7.99. The third-order valence-corrected chi connectivity index (χ3v) is 10.1. The fourth-order valence-corrected chi connectivity index (χ4v) is 6.91. The van der Waals surface area contributed by atoms with Crippen LogP contribution in [-0.2, 0) is 26.2 Å². The smallest absolute Gasteiger partial charge is 0.273 e. The van der Waals surface area contributed by atoms with Crippen LogP contribution in [0.5, 0.6) is 5.75 Å². The predicted octanol–water partition coefficient (Wildman–Crippen LogP) is 5.28. The molecule has 1 fully saturated rings. The summed E-state index contributed by atoms with van der Waals surface area (Å²) in [6.07, 6.45) is 4.92. The maximum atomic E-state index is 14.2. The molecule has 3 aromatic rings.